The van der Waals surface area contributed by atoms with Gasteiger partial charge in [-0.25, -0.2) is 0 Å². The molecule has 1 atom stereocenters. The highest BCUT2D eigenvalue weighted by atomic mass is 32.2. The number of hydrogen-bond donors (Lipinski definition) is 2. The smallest absolute Gasteiger partial charge is 0.294 e. The first-order chi connectivity index (χ1) is 4.31. The molecule has 0 aromatic heterocycles. The van der Waals surface area contributed by atoms with Gasteiger partial charge in [0.15, 0.2) is 4.93 Å². The van der Waals surface area contributed by atoms with Crippen molar-refractivity contribution in [3.8, 4) is 0 Å². The molecule has 0 aliphatic heterocycles. The van der Waals surface area contributed by atoms with Crippen LogP contribution in [-0.4, -0.2) is 23.0 Å². The standard InChI is InChI=1S/C5H12O4S/c1-3-4-5(2,6)10(7,8)9/h6H,3-4H2,1-2H3,(H,7,8,9). The fourth-order valence-corrected chi connectivity index (χ4v) is 1.05. The molecule has 0 aliphatic carbocycles. The Kier molecular flexibility index (Phi) is 2.82. The van der Waals surface area contributed by atoms with Gasteiger partial charge in [-0.15, -0.1) is 0 Å². The van der Waals surface area contributed by atoms with Crippen LogP contribution in [0.4, 0.5) is 0 Å². The molecule has 0 aromatic carbocycles. The molecule has 0 heterocycles. The van der Waals surface area contributed by atoms with Gasteiger partial charge in [0, 0.05) is 0 Å². The minimum Gasteiger partial charge on any atom is -0.373 e. The molecule has 2 N–H and O–H groups in total. The molecule has 0 aromatic rings. The van der Waals surface area contributed by atoms with Crippen molar-refractivity contribution in [3.05, 3.63) is 0 Å². The summed E-state index contributed by atoms with van der Waals surface area (Å²) >= 11 is 0. The first-order valence-electron chi connectivity index (χ1n) is 3.00. The third-order valence-corrected chi connectivity index (χ3v) is 2.59. The summed E-state index contributed by atoms with van der Waals surface area (Å²) in [5.74, 6) is 0. The number of hydrogen-bond acceptors (Lipinski definition) is 3. The van der Waals surface area contributed by atoms with E-state index in [1.807, 2.05) is 0 Å². The summed E-state index contributed by atoms with van der Waals surface area (Å²) in [4.78, 5) is -1.98. The van der Waals surface area contributed by atoms with Gasteiger partial charge < -0.3 is 5.11 Å². The quantitative estimate of drug-likeness (QED) is 0.597. The highest BCUT2D eigenvalue weighted by Gasteiger charge is 2.33. The van der Waals surface area contributed by atoms with Crippen LogP contribution in [0.25, 0.3) is 0 Å². The molecule has 0 aliphatic rings. The average molecular weight is 168 g/mol. The molecular formula is C5H12O4S. The molecule has 0 rings (SSSR count). The van der Waals surface area contributed by atoms with E-state index in [4.69, 9.17) is 9.66 Å². The maximum absolute atomic E-state index is 10.3. The highest BCUT2D eigenvalue weighted by molar-refractivity contribution is 7.87. The molecular weight excluding hydrogens is 156 g/mol. The Morgan fingerprint density at radius 2 is 1.90 bits per heavy atom. The van der Waals surface area contributed by atoms with E-state index in [1.54, 1.807) is 6.92 Å². The zero-order valence-electron chi connectivity index (χ0n) is 6.03. The van der Waals surface area contributed by atoms with Crippen molar-refractivity contribution in [3.63, 3.8) is 0 Å². The van der Waals surface area contributed by atoms with Crippen LogP contribution in [0, 0.1) is 0 Å². The van der Waals surface area contributed by atoms with Crippen LogP contribution in [0.5, 0.6) is 0 Å². The van der Waals surface area contributed by atoms with Gasteiger partial charge in [-0.05, 0) is 13.3 Å². The van der Waals surface area contributed by atoms with Crippen LogP contribution < -0.4 is 0 Å². The molecule has 0 fully saturated rings. The summed E-state index contributed by atoms with van der Waals surface area (Å²) in [6.07, 6.45) is 0.554. The molecule has 0 spiro atoms. The van der Waals surface area contributed by atoms with Crippen molar-refractivity contribution >= 4 is 10.1 Å². The van der Waals surface area contributed by atoms with Gasteiger partial charge in [0.25, 0.3) is 10.1 Å². The van der Waals surface area contributed by atoms with Crippen LogP contribution in [-0.2, 0) is 10.1 Å². The summed E-state index contributed by atoms with van der Waals surface area (Å²) in [5.41, 5.74) is 0. The van der Waals surface area contributed by atoms with Gasteiger partial charge in [0.1, 0.15) is 0 Å². The van der Waals surface area contributed by atoms with Crippen LogP contribution in [0.2, 0.25) is 0 Å². The topological polar surface area (TPSA) is 74.6 Å². The first-order valence-corrected chi connectivity index (χ1v) is 4.44. The Morgan fingerprint density at radius 1 is 1.50 bits per heavy atom. The molecule has 0 saturated carbocycles. The number of rotatable bonds is 3. The minimum atomic E-state index is -4.31. The van der Waals surface area contributed by atoms with E-state index in [0.29, 0.717) is 6.42 Å². The van der Waals surface area contributed by atoms with Gasteiger partial charge >= 0.3 is 0 Å². The van der Waals surface area contributed by atoms with Crippen LogP contribution >= 0.6 is 0 Å². The van der Waals surface area contributed by atoms with Crippen molar-refractivity contribution in [1.82, 2.24) is 0 Å². The van der Waals surface area contributed by atoms with Crippen LogP contribution in [0.15, 0.2) is 0 Å². The van der Waals surface area contributed by atoms with E-state index in [1.165, 1.54) is 0 Å². The zero-order valence-corrected chi connectivity index (χ0v) is 6.85. The third-order valence-electron chi connectivity index (χ3n) is 1.27. The fourth-order valence-electron chi connectivity index (χ4n) is 0.593. The van der Waals surface area contributed by atoms with Gasteiger partial charge in [0.2, 0.25) is 0 Å². The second-order valence-corrected chi connectivity index (χ2v) is 4.23. The Morgan fingerprint density at radius 3 is 2.00 bits per heavy atom. The molecule has 62 valence electrons. The van der Waals surface area contributed by atoms with Crippen molar-refractivity contribution in [2.75, 3.05) is 0 Å². The lowest BCUT2D eigenvalue weighted by Gasteiger charge is -2.17. The van der Waals surface area contributed by atoms with Crippen molar-refractivity contribution in [2.24, 2.45) is 0 Å². The largest absolute Gasteiger partial charge is 0.373 e. The third kappa shape index (κ3) is 2.24. The van der Waals surface area contributed by atoms with Gasteiger partial charge in [-0.3, -0.25) is 4.55 Å². The molecule has 0 bridgehead atoms. The van der Waals surface area contributed by atoms with Crippen molar-refractivity contribution in [1.29, 1.82) is 0 Å². The van der Waals surface area contributed by atoms with E-state index in [0.717, 1.165) is 6.92 Å². The summed E-state index contributed by atoms with van der Waals surface area (Å²) in [6.45, 7) is 2.80. The maximum atomic E-state index is 10.3. The van der Waals surface area contributed by atoms with Crippen molar-refractivity contribution in [2.45, 2.75) is 31.6 Å². The second-order valence-electron chi connectivity index (χ2n) is 2.40. The second kappa shape index (κ2) is 2.86. The predicted molar refractivity (Wildman–Crippen MR) is 37.1 cm³/mol. The van der Waals surface area contributed by atoms with Gasteiger partial charge in [0.05, 0.1) is 0 Å². The Balaban J connectivity index is 4.42. The maximum Gasteiger partial charge on any atom is 0.294 e. The predicted octanol–water partition coefficient (Wildman–Crippen LogP) is 0.383. The SMILES string of the molecule is CCCC(C)(O)S(=O)(=O)O. The zero-order chi connectivity index (χ0) is 8.41. The van der Waals surface area contributed by atoms with E-state index in [9.17, 15) is 8.42 Å². The molecule has 5 heteroatoms. The summed E-state index contributed by atoms with van der Waals surface area (Å²) in [5, 5.41) is 9.01. The molecule has 0 radical (unpaired) electrons. The molecule has 0 saturated heterocycles. The number of aliphatic hydroxyl groups is 1. The lowest BCUT2D eigenvalue weighted by Crippen LogP contribution is -2.34. The first kappa shape index (κ1) is 9.87. The Labute approximate surface area is 60.6 Å². The lowest BCUT2D eigenvalue weighted by molar-refractivity contribution is 0.122. The minimum absolute atomic E-state index is 0.0475. The van der Waals surface area contributed by atoms with E-state index >= 15 is 0 Å². The van der Waals surface area contributed by atoms with E-state index in [2.05, 4.69) is 0 Å². The molecule has 4 nitrogen and oxygen atoms in total. The molecule has 10 heavy (non-hydrogen) atoms. The van der Waals surface area contributed by atoms with Crippen molar-refractivity contribution < 1.29 is 18.1 Å². The normalized spacial score (nSPS) is 18.4. The summed E-state index contributed by atoms with van der Waals surface area (Å²) in [6, 6.07) is 0. The average Bonchev–Trinajstić information content (AvgIpc) is 1.61. The Hall–Kier alpha value is -0.130. The summed E-state index contributed by atoms with van der Waals surface area (Å²) < 4.78 is 29.1. The summed E-state index contributed by atoms with van der Waals surface area (Å²) in [7, 11) is -4.31. The lowest BCUT2D eigenvalue weighted by atomic mass is 10.2. The molecule has 0 amide bonds. The highest BCUT2D eigenvalue weighted by Crippen LogP contribution is 2.17. The van der Waals surface area contributed by atoms with Gasteiger partial charge in [-0.2, -0.15) is 8.42 Å². The molecule has 1 unspecified atom stereocenters. The van der Waals surface area contributed by atoms with Crippen LogP contribution in [0.3, 0.4) is 0 Å². The Bertz CT molecular complexity index is 192. The van der Waals surface area contributed by atoms with Gasteiger partial charge in [-0.1, -0.05) is 13.3 Å². The van der Waals surface area contributed by atoms with Crippen LogP contribution in [0.1, 0.15) is 26.7 Å². The monoisotopic (exact) mass is 168 g/mol. The van der Waals surface area contributed by atoms with E-state index < -0.39 is 15.1 Å². The fraction of sp³-hybridized carbons (Fsp3) is 1.00. The van der Waals surface area contributed by atoms with E-state index in [-0.39, 0.29) is 6.42 Å².